The summed E-state index contributed by atoms with van der Waals surface area (Å²) in [7, 11) is 0. The summed E-state index contributed by atoms with van der Waals surface area (Å²) in [5, 5.41) is 5.31. The first kappa shape index (κ1) is 17.9. The number of urea groups is 1. The average molecular weight is 345 g/mol. The van der Waals surface area contributed by atoms with Gasteiger partial charge in [0, 0.05) is 26.1 Å². The van der Waals surface area contributed by atoms with Gasteiger partial charge in [0.1, 0.15) is 12.4 Å². The molecule has 24 heavy (non-hydrogen) atoms. The van der Waals surface area contributed by atoms with Crippen molar-refractivity contribution in [3.05, 3.63) is 29.8 Å². The van der Waals surface area contributed by atoms with Crippen LogP contribution in [-0.2, 0) is 11.0 Å². The topological polar surface area (TPSA) is 70.7 Å². The number of rotatable bonds is 4. The third kappa shape index (κ3) is 5.32. The molecule has 9 heteroatoms. The fourth-order valence-corrected chi connectivity index (χ4v) is 2.15. The number of nitrogens with one attached hydrogen (secondary N) is 2. The SMILES string of the molecule is O=C1CCN(C(=O)NCCOc2ccc(C(F)(F)F)cc2)CCN1. The summed E-state index contributed by atoms with van der Waals surface area (Å²) in [6.45, 7) is 1.52. The highest BCUT2D eigenvalue weighted by molar-refractivity contribution is 5.79. The third-order valence-corrected chi connectivity index (χ3v) is 3.43. The molecule has 0 saturated carbocycles. The Labute approximate surface area is 137 Å². The number of nitrogens with zero attached hydrogens (tertiary/aromatic N) is 1. The van der Waals surface area contributed by atoms with E-state index in [0.29, 0.717) is 25.4 Å². The maximum absolute atomic E-state index is 12.4. The fourth-order valence-electron chi connectivity index (χ4n) is 2.15. The van der Waals surface area contributed by atoms with Gasteiger partial charge in [-0.3, -0.25) is 4.79 Å². The van der Waals surface area contributed by atoms with Gasteiger partial charge in [-0.2, -0.15) is 13.2 Å². The maximum Gasteiger partial charge on any atom is 0.416 e. The molecular formula is C15H18F3N3O3. The number of hydrogen-bond donors (Lipinski definition) is 2. The monoisotopic (exact) mass is 345 g/mol. The molecule has 3 amide bonds. The van der Waals surface area contributed by atoms with Gasteiger partial charge in [0.05, 0.1) is 12.1 Å². The first-order chi connectivity index (χ1) is 11.4. The van der Waals surface area contributed by atoms with Gasteiger partial charge in [-0.1, -0.05) is 0 Å². The molecule has 0 bridgehead atoms. The maximum atomic E-state index is 12.4. The summed E-state index contributed by atoms with van der Waals surface area (Å²) in [6.07, 6.45) is -4.12. The molecule has 1 aliphatic heterocycles. The number of carbonyl (C=O) groups is 2. The van der Waals surface area contributed by atoms with Gasteiger partial charge in [-0.05, 0) is 24.3 Å². The smallest absolute Gasteiger partial charge is 0.416 e. The van der Waals surface area contributed by atoms with Crippen molar-refractivity contribution in [3.8, 4) is 5.75 Å². The van der Waals surface area contributed by atoms with E-state index in [1.54, 1.807) is 0 Å². The van der Waals surface area contributed by atoms with E-state index in [1.807, 2.05) is 0 Å². The highest BCUT2D eigenvalue weighted by Crippen LogP contribution is 2.30. The van der Waals surface area contributed by atoms with E-state index in [4.69, 9.17) is 4.74 Å². The van der Waals surface area contributed by atoms with Crippen molar-refractivity contribution < 1.29 is 27.5 Å². The Kier molecular flexibility index (Phi) is 5.88. The summed E-state index contributed by atoms with van der Waals surface area (Å²) in [6, 6.07) is 4.04. The molecule has 132 valence electrons. The summed E-state index contributed by atoms with van der Waals surface area (Å²) >= 11 is 0. The number of benzene rings is 1. The normalized spacial score (nSPS) is 15.5. The van der Waals surface area contributed by atoms with E-state index >= 15 is 0 Å². The van der Waals surface area contributed by atoms with E-state index in [-0.39, 0.29) is 31.5 Å². The fraction of sp³-hybridized carbons (Fsp3) is 0.467. The lowest BCUT2D eigenvalue weighted by molar-refractivity contribution is -0.137. The van der Waals surface area contributed by atoms with Crippen LogP contribution in [0.5, 0.6) is 5.75 Å². The van der Waals surface area contributed by atoms with Gasteiger partial charge in [-0.25, -0.2) is 4.79 Å². The molecule has 2 rings (SSSR count). The molecule has 1 aromatic carbocycles. The van der Waals surface area contributed by atoms with Crippen molar-refractivity contribution in [2.45, 2.75) is 12.6 Å². The van der Waals surface area contributed by atoms with Crippen molar-refractivity contribution in [1.29, 1.82) is 0 Å². The van der Waals surface area contributed by atoms with E-state index in [1.165, 1.54) is 17.0 Å². The minimum absolute atomic E-state index is 0.0871. The van der Waals surface area contributed by atoms with Gasteiger partial charge < -0.3 is 20.3 Å². The lowest BCUT2D eigenvalue weighted by Crippen LogP contribution is -2.43. The summed E-state index contributed by atoms with van der Waals surface area (Å²) in [4.78, 5) is 24.6. The van der Waals surface area contributed by atoms with Crippen LogP contribution in [-0.4, -0.2) is 49.6 Å². The van der Waals surface area contributed by atoms with Crippen molar-refractivity contribution in [3.63, 3.8) is 0 Å². The Balaban J connectivity index is 1.70. The van der Waals surface area contributed by atoms with Crippen LogP contribution in [0.15, 0.2) is 24.3 Å². The second kappa shape index (κ2) is 7.89. The predicted molar refractivity (Wildman–Crippen MR) is 79.5 cm³/mol. The van der Waals surface area contributed by atoms with Crippen molar-refractivity contribution in [2.75, 3.05) is 32.8 Å². The summed E-state index contributed by atoms with van der Waals surface area (Å²) < 4.78 is 42.6. The predicted octanol–water partition coefficient (Wildman–Crippen LogP) is 1.62. The Bertz CT molecular complexity index is 576. The largest absolute Gasteiger partial charge is 0.492 e. The molecule has 1 aromatic rings. The van der Waals surface area contributed by atoms with E-state index < -0.39 is 11.7 Å². The Morgan fingerprint density at radius 1 is 1.25 bits per heavy atom. The van der Waals surface area contributed by atoms with Crippen LogP contribution in [0.1, 0.15) is 12.0 Å². The van der Waals surface area contributed by atoms with Crippen LogP contribution >= 0.6 is 0 Å². The van der Waals surface area contributed by atoms with Crippen LogP contribution in [0.4, 0.5) is 18.0 Å². The molecule has 6 nitrogen and oxygen atoms in total. The first-order valence-corrected chi connectivity index (χ1v) is 7.46. The lowest BCUT2D eigenvalue weighted by Gasteiger charge is -2.20. The van der Waals surface area contributed by atoms with Crippen LogP contribution < -0.4 is 15.4 Å². The van der Waals surface area contributed by atoms with Crippen LogP contribution in [0, 0.1) is 0 Å². The van der Waals surface area contributed by atoms with Gasteiger partial charge in [-0.15, -0.1) is 0 Å². The van der Waals surface area contributed by atoms with Crippen molar-refractivity contribution in [1.82, 2.24) is 15.5 Å². The number of amides is 3. The zero-order chi connectivity index (χ0) is 17.6. The standard InChI is InChI=1S/C15H18F3N3O3/c16-15(17,18)11-1-3-12(4-2-11)24-10-7-20-14(23)21-8-5-13(22)19-6-9-21/h1-4H,5-10H2,(H,19,22)(H,20,23). The number of hydrogen-bond acceptors (Lipinski definition) is 3. The molecule has 0 atom stereocenters. The molecule has 0 aliphatic carbocycles. The zero-order valence-corrected chi connectivity index (χ0v) is 12.9. The molecule has 1 saturated heterocycles. The molecular weight excluding hydrogens is 327 g/mol. The summed E-state index contributed by atoms with van der Waals surface area (Å²) in [5.74, 6) is 0.206. The van der Waals surface area contributed by atoms with Gasteiger partial charge in [0.25, 0.3) is 0 Å². The molecule has 0 aromatic heterocycles. The second-order valence-electron chi connectivity index (χ2n) is 5.19. The Morgan fingerprint density at radius 3 is 2.62 bits per heavy atom. The molecule has 2 N–H and O–H groups in total. The highest BCUT2D eigenvalue weighted by Gasteiger charge is 2.30. The number of halogens is 3. The minimum atomic E-state index is -4.38. The average Bonchev–Trinajstić information content (AvgIpc) is 2.76. The molecule has 0 unspecified atom stereocenters. The summed E-state index contributed by atoms with van der Waals surface area (Å²) in [5.41, 5.74) is -0.743. The third-order valence-electron chi connectivity index (χ3n) is 3.43. The van der Waals surface area contributed by atoms with Gasteiger partial charge >= 0.3 is 12.2 Å². The van der Waals surface area contributed by atoms with Crippen LogP contribution in [0.3, 0.4) is 0 Å². The molecule has 1 fully saturated rings. The lowest BCUT2D eigenvalue weighted by atomic mass is 10.2. The van der Waals surface area contributed by atoms with E-state index in [0.717, 1.165) is 12.1 Å². The number of alkyl halides is 3. The van der Waals surface area contributed by atoms with Crippen molar-refractivity contribution >= 4 is 11.9 Å². The number of ether oxygens (including phenoxy) is 1. The quantitative estimate of drug-likeness (QED) is 0.815. The van der Waals surface area contributed by atoms with Gasteiger partial charge in [0.15, 0.2) is 0 Å². The Hall–Kier alpha value is -2.45. The first-order valence-electron chi connectivity index (χ1n) is 7.46. The molecule has 0 spiro atoms. The highest BCUT2D eigenvalue weighted by atomic mass is 19.4. The van der Waals surface area contributed by atoms with Crippen molar-refractivity contribution in [2.24, 2.45) is 0 Å². The van der Waals surface area contributed by atoms with Crippen LogP contribution in [0.2, 0.25) is 0 Å². The minimum Gasteiger partial charge on any atom is -0.492 e. The Morgan fingerprint density at radius 2 is 1.96 bits per heavy atom. The van der Waals surface area contributed by atoms with Crippen LogP contribution in [0.25, 0.3) is 0 Å². The number of carbonyl (C=O) groups excluding carboxylic acids is 2. The van der Waals surface area contributed by atoms with E-state index in [2.05, 4.69) is 10.6 Å². The molecule has 1 aliphatic rings. The van der Waals surface area contributed by atoms with Gasteiger partial charge in [0.2, 0.25) is 5.91 Å². The van der Waals surface area contributed by atoms with E-state index in [9.17, 15) is 22.8 Å². The molecule has 1 heterocycles. The second-order valence-corrected chi connectivity index (χ2v) is 5.19. The zero-order valence-electron chi connectivity index (χ0n) is 12.9. The molecule has 0 radical (unpaired) electrons.